The first-order chi connectivity index (χ1) is 9.74. The van der Waals surface area contributed by atoms with Crippen LogP contribution in [-0.4, -0.2) is 24.2 Å². The number of para-hydroxylation sites is 2. The molecule has 0 amide bonds. The fraction of sp³-hybridized carbons (Fsp3) is 0.267. The molecule has 4 nitrogen and oxygen atoms in total. The molecule has 0 bridgehead atoms. The summed E-state index contributed by atoms with van der Waals surface area (Å²) in [7, 11) is 0. The Morgan fingerprint density at radius 2 is 2.15 bits per heavy atom. The molecule has 0 spiro atoms. The highest BCUT2D eigenvalue weighted by molar-refractivity contribution is 7.13. The van der Waals surface area contributed by atoms with E-state index in [1.54, 1.807) is 6.07 Å². The molecule has 2 aromatic rings. The van der Waals surface area contributed by atoms with Gasteiger partial charge in [-0.15, -0.1) is 11.3 Å². The highest BCUT2D eigenvalue weighted by Crippen LogP contribution is 2.32. The SMILES string of the molecule is O=C(O)c1ccc(CN2CCCOc3ccccc32)s1. The van der Waals surface area contributed by atoms with Crippen molar-refractivity contribution in [3.63, 3.8) is 0 Å². The summed E-state index contributed by atoms with van der Waals surface area (Å²) in [5, 5.41) is 8.98. The van der Waals surface area contributed by atoms with Gasteiger partial charge in [0.05, 0.1) is 18.8 Å². The van der Waals surface area contributed by atoms with Gasteiger partial charge in [0.25, 0.3) is 0 Å². The Hall–Kier alpha value is -2.01. The summed E-state index contributed by atoms with van der Waals surface area (Å²) in [6, 6.07) is 11.6. The van der Waals surface area contributed by atoms with Crippen molar-refractivity contribution in [3.8, 4) is 5.75 Å². The number of ether oxygens (including phenoxy) is 1. The van der Waals surface area contributed by atoms with Crippen LogP contribution in [0.4, 0.5) is 5.69 Å². The number of thiophene rings is 1. The molecule has 5 heteroatoms. The van der Waals surface area contributed by atoms with Crippen molar-refractivity contribution >= 4 is 23.0 Å². The number of carbonyl (C=O) groups is 1. The molecule has 20 heavy (non-hydrogen) atoms. The van der Waals surface area contributed by atoms with Gasteiger partial charge in [-0.3, -0.25) is 0 Å². The largest absolute Gasteiger partial charge is 0.491 e. The van der Waals surface area contributed by atoms with Gasteiger partial charge in [-0.25, -0.2) is 4.79 Å². The normalized spacial score (nSPS) is 14.3. The predicted molar refractivity (Wildman–Crippen MR) is 78.9 cm³/mol. The van der Waals surface area contributed by atoms with Gasteiger partial charge >= 0.3 is 5.97 Å². The topological polar surface area (TPSA) is 49.8 Å². The molecule has 0 saturated heterocycles. The average Bonchev–Trinajstić information content (AvgIpc) is 2.82. The molecule has 104 valence electrons. The Labute approximate surface area is 121 Å². The molecule has 0 aliphatic carbocycles. The van der Waals surface area contributed by atoms with E-state index >= 15 is 0 Å². The van der Waals surface area contributed by atoms with Crippen LogP contribution in [0.3, 0.4) is 0 Å². The van der Waals surface area contributed by atoms with Gasteiger partial charge in [0, 0.05) is 11.4 Å². The third-order valence-corrected chi connectivity index (χ3v) is 4.31. The van der Waals surface area contributed by atoms with E-state index < -0.39 is 5.97 Å². The maximum Gasteiger partial charge on any atom is 0.345 e. The second-order valence-corrected chi connectivity index (χ2v) is 5.83. The van der Waals surface area contributed by atoms with Crippen molar-refractivity contribution < 1.29 is 14.6 Å². The lowest BCUT2D eigenvalue weighted by molar-refractivity contribution is 0.0702. The minimum Gasteiger partial charge on any atom is -0.491 e. The van der Waals surface area contributed by atoms with Gasteiger partial charge in [0.15, 0.2) is 0 Å². The van der Waals surface area contributed by atoms with E-state index in [9.17, 15) is 4.79 Å². The highest BCUT2D eigenvalue weighted by atomic mass is 32.1. The Morgan fingerprint density at radius 1 is 1.30 bits per heavy atom. The van der Waals surface area contributed by atoms with Crippen LogP contribution in [0.5, 0.6) is 5.75 Å². The number of rotatable bonds is 3. The molecule has 2 heterocycles. The van der Waals surface area contributed by atoms with E-state index in [1.165, 1.54) is 11.3 Å². The lowest BCUT2D eigenvalue weighted by Gasteiger charge is -2.22. The lowest BCUT2D eigenvalue weighted by atomic mass is 10.2. The van der Waals surface area contributed by atoms with Gasteiger partial charge in [0.1, 0.15) is 10.6 Å². The first kappa shape index (κ1) is 13.0. The van der Waals surface area contributed by atoms with Crippen molar-refractivity contribution in [2.75, 3.05) is 18.1 Å². The summed E-state index contributed by atoms with van der Waals surface area (Å²) in [5.74, 6) is 0.0425. The van der Waals surface area contributed by atoms with Crippen LogP contribution >= 0.6 is 11.3 Å². The number of benzene rings is 1. The van der Waals surface area contributed by atoms with Crippen molar-refractivity contribution in [3.05, 3.63) is 46.2 Å². The van der Waals surface area contributed by atoms with Gasteiger partial charge in [-0.05, 0) is 30.7 Å². The van der Waals surface area contributed by atoms with Gasteiger partial charge in [-0.2, -0.15) is 0 Å². The Morgan fingerprint density at radius 3 is 2.95 bits per heavy atom. The molecule has 0 saturated carbocycles. The number of anilines is 1. The first-order valence-corrected chi connectivity index (χ1v) is 7.34. The average molecular weight is 289 g/mol. The number of fused-ring (bicyclic) bond motifs is 1. The van der Waals surface area contributed by atoms with E-state index in [-0.39, 0.29) is 0 Å². The number of carboxylic acid groups (broad SMARTS) is 1. The van der Waals surface area contributed by atoms with Crippen LogP contribution in [0.25, 0.3) is 0 Å². The fourth-order valence-corrected chi connectivity index (χ4v) is 3.19. The molecule has 1 aromatic heterocycles. The second-order valence-electron chi connectivity index (χ2n) is 4.66. The van der Waals surface area contributed by atoms with Crippen molar-refractivity contribution in [2.24, 2.45) is 0 Å². The maximum absolute atomic E-state index is 10.9. The summed E-state index contributed by atoms with van der Waals surface area (Å²) >= 11 is 1.33. The first-order valence-electron chi connectivity index (χ1n) is 6.53. The van der Waals surface area contributed by atoms with Crippen LogP contribution in [0.1, 0.15) is 21.0 Å². The molecule has 3 rings (SSSR count). The minimum atomic E-state index is -0.860. The van der Waals surface area contributed by atoms with E-state index in [2.05, 4.69) is 4.90 Å². The molecule has 1 aromatic carbocycles. The van der Waals surface area contributed by atoms with Crippen LogP contribution in [0, 0.1) is 0 Å². The fourth-order valence-electron chi connectivity index (χ4n) is 2.33. The minimum absolute atomic E-state index is 0.388. The van der Waals surface area contributed by atoms with Crippen LogP contribution in [-0.2, 0) is 6.54 Å². The Kier molecular flexibility index (Phi) is 3.60. The summed E-state index contributed by atoms with van der Waals surface area (Å²) in [5.41, 5.74) is 1.08. The molecule has 1 aliphatic heterocycles. The lowest BCUT2D eigenvalue weighted by Crippen LogP contribution is -2.22. The van der Waals surface area contributed by atoms with E-state index in [4.69, 9.17) is 9.84 Å². The van der Waals surface area contributed by atoms with Crippen LogP contribution < -0.4 is 9.64 Å². The summed E-state index contributed by atoms with van der Waals surface area (Å²) in [6.45, 7) is 2.36. The predicted octanol–water partition coefficient (Wildman–Crippen LogP) is 3.24. The standard InChI is InChI=1S/C15H15NO3S/c17-15(18)14-7-6-11(20-14)10-16-8-3-9-19-13-5-2-1-4-12(13)16/h1-2,4-7H,3,8-10H2,(H,17,18). The quantitative estimate of drug-likeness (QED) is 0.942. The molecule has 1 aliphatic rings. The van der Waals surface area contributed by atoms with E-state index in [0.29, 0.717) is 4.88 Å². The number of nitrogens with zero attached hydrogens (tertiary/aromatic N) is 1. The van der Waals surface area contributed by atoms with Crippen LogP contribution in [0.2, 0.25) is 0 Å². The number of aromatic carboxylic acids is 1. The highest BCUT2D eigenvalue weighted by Gasteiger charge is 2.17. The third kappa shape index (κ3) is 2.63. The number of hydrogen-bond donors (Lipinski definition) is 1. The smallest absolute Gasteiger partial charge is 0.345 e. The van der Waals surface area contributed by atoms with E-state index in [1.807, 2.05) is 30.3 Å². The molecule has 0 radical (unpaired) electrons. The van der Waals surface area contributed by atoms with Gasteiger partial charge in [0.2, 0.25) is 0 Å². The Bertz CT molecular complexity index is 623. The number of carboxylic acids is 1. The molecule has 0 atom stereocenters. The second kappa shape index (κ2) is 5.54. The third-order valence-electron chi connectivity index (χ3n) is 3.26. The molecular formula is C15H15NO3S. The van der Waals surface area contributed by atoms with Crippen molar-refractivity contribution in [1.29, 1.82) is 0 Å². The number of hydrogen-bond acceptors (Lipinski definition) is 4. The van der Waals surface area contributed by atoms with Crippen molar-refractivity contribution in [2.45, 2.75) is 13.0 Å². The zero-order chi connectivity index (χ0) is 13.9. The summed E-state index contributed by atoms with van der Waals surface area (Å²) in [6.07, 6.45) is 0.964. The summed E-state index contributed by atoms with van der Waals surface area (Å²) < 4.78 is 5.73. The van der Waals surface area contributed by atoms with Gasteiger partial charge in [-0.1, -0.05) is 12.1 Å². The van der Waals surface area contributed by atoms with Crippen molar-refractivity contribution in [1.82, 2.24) is 0 Å². The van der Waals surface area contributed by atoms with E-state index in [0.717, 1.165) is 42.4 Å². The van der Waals surface area contributed by atoms with Gasteiger partial charge < -0.3 is 14.7 Å². The molecule has 0 unspecified atom stereocenters. The zero-order valence-corrected chi connectivity index (χ0v) is 11.7. The molecular weight excluding hydrogens is 274 g/mol. The molecule has 1 N–H and O–H groups in total. The summed E-state index contributed by atoms with van der Waals surface area (Å²) in [4.78, 5) is 14.6. The molecule has 0 fully saturated rings. The Balaban J connectivity index is 1.84. The monoisotopic (exact) mass is 289 g/mol. The van der Waals surface area contributed by atoms with Crippen LogP contribution in [0.15, 0.2) is 36.4 Å². The zero-order valence-electron chi connectivity index (χ0n) is 10.9. The maximum atomic E-state index is 10.9.